The summed E-state index contributed by atoms with van der Waals surface area (Å²) in [6.07, 6.45) is -0.276. The Morgan fingerprint density at radius 2 is 1.95 bits per heavy atom. The highest BCUT2D eigenvalue weighted by atomic mass is 32.2. The molecule has 1 rings (SSSR count). The van der Waals surface area contributed by atoms with Crippen LogP contribution < -0.4 is 10.1 Å². The molecule has 0 aromatic heterocycles. The van der Waals surface area contributed by atoms with Gasteiger partial charge in [-0.05, 0) is 25.5 Å². The van der Waals surface area contributed by atoms with Crippen LogP contribution in [-0.2, 0) is 19.7 Å². The molecule has 2 N–H and O–H groups in total. The molecule has 7 nitrogen and oxygen atoms in total. The Balaban J connectivity index is 3.18. The third-order valence-corrected chi connectivity index (χ3v) is 3.35. The van der Waals surface area contributed by atoms with Crippen molar-refractivity contribution < 1.29 is 27.3 Å². The molecule has 0 aliphatic heterocycles. The van der Waals surface area contributed by atoms with E-state index in [0.717, 1.165) is 0 Å². The number of aryl methyl sites for hydroxylation is 1. The standard InChI is InChI=1S/C12H15NO6S/c1-7-4-11(20(16,17)18)10(19-3)6-9(7)13-12(15)5-8(2)14/h4,6H,5H2,1-3H3,(H,13,15)(H,16,17,18). The monoisotopic (exact) mass is 301 g/mol. The number of methoxy groups -OCH3 is 1. The Labute approximate surface area is 116 Å². The zero-order valence-electron chi connectivity index (χ0n) is 11.3. The highest BCUT2D eigenvalue weighted by Crippen LogP contribution is 2.30. The molecular formula is C12H15NO6S. The van der Waals surface area contributed by atoms with Gasteiger partial charge in [0.05, 0.1) is 13.5 Å². The summed E-state index contributed by atoms with van der Waals surface area (Å²) in [4.78, 5) is 22.0. The van der Waals surface area contributed by atoms with Gasteiger partial charge in [-0.3, -0.25) is 14.1 Å². The van der Waals surface area contributed by atoms with Gasteiger partial charge < -0.3 is 10.1 Å². The molecule has 110 valence electrons. The smallest absolute Gasteiger partial charge is 0.298 e. The molecule has 0 bridgehead atoms. The fraction of sp³-hybridized carbons (Fsp3) is 0.333. The molecule has 0 radical (unpaired) electrons. The van der Waals surface area contributed by atoms with Crippen LogP contribution in [0.1, 0.15) is 18.9 Å². The fourth-order valence-corrected chi connectivity index (χ4v) is 2.30. The molecule has 0 atom stereocenters. The number of Topliss-reactive ketones (excluding diaryl/α,β-unsaturated/α-hetero) is 1. The lowest BCUT2D eigenvalue weighted by Crippen LogP contribution is -2.16. The predicted octanol–water partition coefficient (Wildman–Crippen LogP) is 1.17. The number of nitrogens with one attached hydrogen (secondary N) is 1. The second-order valence-corrected chi connectivity index (χ2v) is 5.61. The highest BCUT2D eigenvalue weighted by molar-refractivity contribution is 7.86. The Kier molecular flexibility index (Phi) is 4.85. The van der Waals surface area contributed by atoms with E-state index in [4.69, 9.17) is 9.29 Å². The number of ether oxygens (including phenoxy) is 1. The van der Waals surface area contributed by atoms with Gasteiger partial charge in [0.15, 0.2) is 0 Å². The maximum Gasteiger partial charge on any atom is 0.298 e. The first kappa shape index (κ1) is 16.1. The maximum absolute atomic E-state index is 11.5. The van der Waals surface area contributed by atoms with Crippen molar-refractivity contribution in [3.8, 4) is 5.75 Å². The van der Waals surface area contributed by atoms with Gasteiger partial charge in [-0.2, -0.15) is 8.42 Å². The number of carbonyl (C=O) groups is 2. The number of ketones is 1. The Morgan fingerprint density at radius 3 is 2.40 bits per heavy atom. The quantitative estimate of drug-likeness (QED) is 0.624. The van der Waals surface area contributed by atoms with Gasteiger partial charge in [0.1, 0.15) is 16.4 Å². The summed E-state index contributed by atoms with van der Waals surface area (Å²) in [5.41, 5.74) is 0.718. The van der Waals surface area contributed by atoms with Crippen molar-refractivity contribution in [2.75, 3.05) is 12.4 Å². The van der Waals surface area contributed by atoms with Crippen LogP contribution in [0, 0.1) is 6.92 Å². The highest BCUT2D eigenvalue weighted by Gasteiger charge is 2.19. The molecule has 20 heavy (non-hydrogen) atoms. The van der Waals surface area contributed by atoms with Crippen LogP contribution in [-0.4, -0.2) is 31.8 Å². The van der Waals surface area contributed by atoms with Crippen LogP contribution in [0.4, 0.5) is 5.69 Å². The Bertz CT molecular complexity index is 650. The van der Waals surface area contributed by atoms with Gasteiger partial charge in [-0.15, -0.1) is 0 Å². The topological polar surface area (TPSA) is 110 Å². The van der Waals surface area contributed by atoms with E-state index < -0.39 is 16.0 Å². The van der Waals surface area contributed by atoms with Gasteiger partial charge >= 0.3 is 0 Å². The third kappa shape index (κ3) is 4.04. The summed E-state index contributed by atoms with van der Waals surface area (Å²) >= 11 is 0. The van der Waals surface area contributed by atoms with Crippen LogP contribution >= 0.6 is 0 Å². The molecule has 8 heteroatoms. The molecule has 0 spiro atoms. The van der Waals surface area contributed by atoms with E-state index >= 15 is 0 Å². The lowest BCUT2D eigenvalue weighted by Gasteiger charge is -2.12. The van der Waals surface area contributed by atoms with Crippen molar-refractivity contribution in [2.24, 2.45) is 0 Å². The van der Waals surface area contributed by atoms with E-state index in [1.165, 1.54) is 26.2 Å². The molecule has 0 aliphatic carbocycles. The van der Waals surface area contributed by atoms with E-state index in [1.54, 1.807) is 6.92 Å². The van der Waals surface area contributed by atoms with Gasteiger partial charge in [0.25, 0.3) is 10.1 Å². The summed E-state index contributed by atoms with van der Waals surface area (Å²) in [5, 5.41) is 2.48. The largest absolute Gasteiger partial charge is 0.495 e. The molecular weight excluding hydrogens is 286 g/mol. The van der Waals surface area contributed by atoms with E-state index in [0.29, 0.717) is 11.3 Å². The summed E-state index contributed by atoms with van der Waals surface area (Å²) in [6, 6.07) is 2.45. The number of amides is 1. The summed E-state index contributed by atoms with van der Waals surface area (Å²) in [7, 11) is -3.19. The normalized spacial score (nSPS) is 11.0. The lowest BCUT2D eigenvalue weighted by atomic mass is 10.2. The van der Waals surface area contributed by atoms with E-state index in [1.807, 2.05) is 0 Å². The van der Waals surface area contributed by atoms with Crippen LogP contribution in [0.2, 0.25) is 0 Å². The predicted molar refractivity (Wildman–Crippen MR) is 71.5 cm³/mol. The van der Waals surface area contributed by atoms with Crippen LogP contribution in [0.15, 0.2) is 17.0 Å². The zero-order chi connectivity index (χ0) is 15.5. The van der Waals surface area contributed by atoms with E-state index in [9.17, 15) is 18.0 Å². The maximum atomic E-state index is 11.5. The summed E-state index contributed by atoms with van der Waals surface area (Å²) < 4.78 is 36.3. The van der Waals surface area contributed by atoms with Crippen LogP contribution in [0.5, 0.6) is 5.75 Å². The van der Waals surface area contributed by atoms with Crippen LogP contribution in [0.25, 0.3) is 0 Å². The fourth-order valence-electron chi connectivity index (χ4n) is 1.58. The third-order valence-electron chi connectivity index (χ3n) is 2.47. The van der Waals surface area contributed by atoms with Crippen molar-refractivity contribution in [3.05, 3.63) is 17.7 Å². The molecule has 0 unspecified atom stereocenters. The second kappa shape index (κ2) is 6.02. The first-order chi connectivity index (χ1) is 9.15. The molecule has 0 heterocycles. The van der Waals surface area contributed by atoms with Gasteiger partial charge in [0, 0.05) is 11.8 Å². The molecule has 0 saturated heterocycles. The molecule has 1 aromatic rings. The molecule has 0 fully saturated rings. The minimum absolute atomic E-state index is 0.101. The van der Waals surface area contributed by atoms with E-state index in [-0.39, 0.29) is 22.8 Å². The number of hydrogen-bond donors (Lipinski definition) is 2. The summed E-state index contributed by atoms with van der Waals surface area (Å²) in [6.45, 7) is 2.84. The SMILES string of the molecule is COc1cc(NC(=O)CC(C)=O)c(C)cc1S(=O)(=O)O. The Morgan fingerprint density at radius 1 is 1.35 bits per heavy atom. The molecule has 1 amide bonds. The second-order valence-electron chi connectivity index (χ2n) is 4.22. The van der Waals surface area contributed by atoms with Crippen LogP contribution in [0.3, 0.4) is 0 Å². The Hall–Kier alpha value is -1.93. The van der Waals surface area contributed by atoms with Crippen molar-refractivity contribution in [3.63, 3.8) is 0 Å². The first-order valence-electron chi connectivity index (χ1n) is 5.60. The zero-order valence-corrected chi connectivity index (χ0v) is 12.1. The molecule has 0 saturated carbocycles. The average molecular weight is 301 g/mol. The number of benzene rings is 1. The molecule has 1 aromatic carbocycles. The van der Waals surface area contributed by atoms with Gasteiger partial charge in [0.2, 0.25) is 5.91 Å². The first-order valence-corrected chi connectivity index (χ1v) is 7.04. The van der Waals surface area contributed by atoms with E-state index in [2.05, 4.69) is 5.32 Å². The number of carbonyl (C=O) groups excluding carboxylic acids is 2. The van der Waals surface area contributed by atoms with Crippen molar-refractivity contribution >= 4 is 27.5 Å². The van der Waals surface area contributed by atoms with Crippen molar-refractivity contribution in [1.82, 2.24) is 0 Å². The van der Waals surface area contributed by atoms with Gasteiger partial charge in [-0.1, -0.05) is 0 Å². The summed E-state index contributed by atoms with van der Waals surface area (Å²) in [5.74, 6) is -0.903. The lowest BCUT2D eigenvalue weighted by molar-refractivity contribution is -0.124. The van der Waals surface area contributed by atoms with Crippen molar-refractivity contribution in [2.45, 2.75) is 25.2 Å². The van der Waals surface area contributed by atoms with Crippen molar-refractivity contribution in [1.29, 1.82) is 0 Å². The minimum Gasteiger partial charge on any atom is -0.495 e. The molecule has 0 aliphatic rings. The average Bonchev–Trinajstić information content (AvgIpc) is 2.28. The van der Waals surface area contributed by atoms with Gasteiger partial charge in [-0.25, -0.2) is 0 Å². The number of hydrogen-bond acceptors (Lipinski definition) is 5. The number of rotatable bonds is 5. The minimum atomic E-state index is -4.42. The number of anilines is 1.